The van der Waals surface area contributed by atoms with E-state index >= 15 is 0 Å². The molecule has 20 heavy (non-hydrogen) atoms. The Hall–Kier alpha value is -3.09. The maximum Gasteiger partial charge on any atom is 0.305 e. The lowest BCUT2D eigenvalue weighted by molar-refractivity contribution is -0.481. The normalized spacial score (nSPS) is 9.80. The number of nitro benzene ring substituents is 1. The van der Waals surface area contributed by atoms with Crippen LogP contribution in [0.25, 0.3) is 0 Å². The van der Waals surface area contributed by atoms with Gasteiger partial charge in [-0.25, -0.2) is 0 Å². The summed E-state index contributed by atoms with van der Waals surface area (Å²) in [6, 6.07) is 8.81. The van der Waals surface area contributed by atoms with Crippen molar-refractivity contribution in [2.45, 2.75) is 0 Å². The average Bonchev–Trinajstić information content (AvgIpc) is 2.48. The zero-order chi connectivity index (χ0) is 14.5. The van der Waals surface area contributed by atoms with E-state index in [2.05, 4.69) is 17.1 Å². The van der Waals surface area contributed by atoms with E-state index in [9.17, 15) is 14.9 Å². The first-order valence-electron chi connectivity index (χ1n) is 5.64. The number of nitrogens with one attached hydrogen (secondary N) is 1. The van der Waals surface area contributed by atoms with Gasteiger partial charge in [-0.2, -0.15) is 0 Å². The molecular formula is C13H11N4O3+. The summed E-state index contributed by atoms with van der Waals surface area (Å²) in [5, 5.41) is 10.5. The van der Waals surface area contributed by atoms with Gasteiger partial charge in [0, 0.05) is 42.2 Å². The molecule has 0 fully saturated rings. The average molecular weight is 271 g/mol. The highest BCUT2D eigenvalue weighted by Gasteiger charge is 2.14. The zero-order valence-electron chi connectivity index (χ0n) is 10.4. The molecule has 7 heteroatoms. The van der Waals surface area contributed by atoms with Crippen LogP contribution in [0.3, 0.4) is 0 Å². The second-order valence-electron chi connectivity index (χ2n) is 3.88. The highest BCUT2D eigenvalue weighted by molar-refractivity contribution is 5.93. The Labute approximate surface area is 114 Å². The standard InChI is InChI=1S/C13H10N4O3/c1-16(11-2-4-12(5-3-11)17(19)20)15-13(18)10-6-8-14-9-7-10/h2-9H,1H2/p+1. The third-order valence-corrected chi connectivity index (χ3v) is 2.55. The van der Waals surface area contributed by atoms with E-state index in [0.29, 0.717) is 11.3 Å². The lowest BCUT2D eigenvalue weighted by Gasteiger charge is -2.02. The molecule has 0 aliphatic rings. The Balaban J connectivity index is 2.08. The summed E-state index contributed by atoms with van der Waals surface area (Å²) in [5.41, 5.74) is 3.49. The Morgan fingerprint density at radius 3 is 2.20 bits per heavy atom. The number of hydrazone groups is 1. The van der Waals surface area contributed by atoms with Crippen molar-refractivity contribution in [3.05, 3.63) is 64.5 Å². The molecule has 2 aromatic rings. The minimum Gasteiger partial charge on any atom is -0.265 e. The minimum atomic E-state index is -0.493. The Kier molecular flexibility index (Phi) is 3.80. The number of nitro groups is 1. The second-order valence-corrected chi connectivity index (χ2v) is 3.88. The molecule has 0 radical (unpaired) electrons. The summed E-state index contributed by atoms with van der Waals surface area (Å²) in [7, 11) is 0. The monoisotopic (exact) mass is 271 g/mol. The Bertz CT molecular complexity index is 653. The van der Waals surface area contributed by atoms with E-state index in [0.717, 1.165) is 0 Å². The molecule has 1 aromatic carbocycles. The van der Waals surface area contributed by atoms with Crippen LogP contribution in [-0.2, 0) is 0 Å². The van der Waals surface area contributed by atoms with Gasteiger partial charge < -0.3 is 0 Å². The largest absolute Gasteiger partial charge is 0.305 e. The van der Waals surface area contributed by atoms with Gasteiger partial charge in [0.2, 0.25) is 5.69 Å². The van der Waals surface area contributed by atoms with Gasteiger partial charge in [0.1, 0.15) is 0 Å². The topological polar surface area (TPSA) is 88.1 Å². The van der Waals surface area contributed by atoms with Crippen LogP contribution in [0.1, 0.15) is 10.4 Å². The van der Waals surface area contributed by atoms with E-state index < -0.39 is 4.92 Å². The van der Waals surface area contributed by atoms with E-state index in [1.165, 1.54) is 41.3 Å². The molecule has 100 valence electrons. The van der Waals surface area contributed by atoms with Crippen LogP contribution in [0.15, 0.2) is 48.8 Å². The SMILES string of the molecule is C=[N+](NC(=O)c1ccncc1)c1ccc([N+](=O)[O-])cc1. The zero-order valence-corrected chi connectivity index (χ0v) is 10.4. The molecule has 0 bridgehead atoms. The van der Waals surface area contributed by atoms with Gasteiger partial charge >= 0.3 is 5.91 Å². The molecule has 2 rings (SSSR count). The number of aromatic nitrogens is 1. The third kappa shape index (κ3) is 3.02. The number of carbonyl (C=O) groups is 1. The van der Waals surface area contributed by atoms with Crippen LogP contribution in [0.4, 0.5) is 11.4 Å². The molecule has 0 aliphatic heterocycles. The molecule has 0 unspecified atom stereocenters. The van der Waals surface area contributed by atoms with E-state index in [-0.39, 0.29) is 11.6 Å². The van der Waals surface area contributed by atoms with Gasteiger partial charge in [-0.1, -0.05) is 4.68 Å². The fraction of sp³-hybridized carbons (Fsp3) is 0. The Morgan fingerprint density at radius 2 is 1.65 bits per heavy atom. The predicted octanol–water partition coefficient (Wildman–Crippen LogP) is 1.68. The number of benzene rings is 1. The van der Waals surface area contributed by atoms with Crippen molar-refractivity contribution in [3.8, 4) is 0 Å². The number of non-ortho nitro benzene ring substituents is 1. The molecule has 0 spiro atoms. The van der Waals surface area contributed by atoms with Gasteiger partial charge in [-0.3, -0.25) is 19.9 Å². The highest BCUT2D eigenvalue weighted by atomic mass is 16.6. The number of hydrogen-bond acceptors (Lipinski definition) is 4. The minimum absolute atomic E-state index is 0.0254. The molecular weight excluding hydrogens is 260 g/mol. The summed E-state index contributed by atoms with van der Waals surface area (Å²) in [4.78, 5) is 25.7. The van der Waals surface area contributed by atoms with Crippen molar-refractivity contribution in [2.24, 2.45) is 0 Å². The summed E-state index contributed by atoms with van der Waals surface area (Å²) < 4.78 is 1.24. The maximum absolute atomic E-state index is 11.9. The number of carbonyl (C=O) groups excluding carboxylic acids is 1. The van der Waals surface area contributed by atoms with Gasteiger partial charge in [0.15, 0.2) is 6.72 Å². The number of hydrogen-bond donors (Lipinski definition) is 1. The summed E-state index contributed by atoms with van der Waals surface area (Å²) in [6.45, 7) is 3.66. The molecule has 0 aliphatic carbocycles. The Morgan fingerprint density at radius 1 is 1.10 bits per heavy atom. The van der Waals surface area contributed by atoms with Crippen molar-refractivity contribution in [2.75, 3.05) is 0 Å². The quantitative estimate of drug-likeness (QED) is 0.396. The van der Waals surface area contributed by atoms with Gasteiger partial charge in [-0.15, -0.1) is 5.43 Å². The fourth-order valence-corrected chi connectivity index (χ4v) is 1.51. The van der Waals surface area contributed by atoms with Gasteiger partial charge in [0.05, 0.1) is 4.92 Å². The van der Waals surface area contributed by atoms with Crippen LogP contribution in [0, 0.1) is 10.1 Å². The van der Waals surface area contributed by atoms with E-state index in [4.69, 9.17) is 0 Å². The summed E-state index contributed by atoms with van der Waals surface area (Å²) in [6.07, 6.45) is 3.02. The molecule has 0 atom stereocenters. The van der Waals surface area contributed by atoms with Crippen molar-refractivity contribution in [1.29, 1.82) is 0 Å². The molecule has 0 saturated carbocycles. The first kappa shape index (κ1) is 13.3. The van der Waals surface area contributed by atoms with E-state index in [1.54, 1.807) is 12.1 Å². The predicted molar refractivity (Wildman–Crippen MR) is 71.8 cm³/mol. The first-order chi connectivity index (χ1) is 9.58. The third-order valence-electron chi connectivity index (χ3n) is 2.55. The molecule has 1 aromatic heterocycles. The van der Waals surface area contributed by atoms with Crippen LogP contribution in [0.2, 0.25) is 0 Å². The lowest BCUT2D eigenvalue weighted by Crippen LogP contribution is -2.30. The molecule has 1 N–H and O–H groups in total. The summed E-state index contributed by atoms with van der Waals surface area (Å²) in [5.74, 6) is -0.347. The highest BCUT2D eigenvalue weighted by Crippen LogP contribution is 2.16. The van der Waals surface area contributed by atoms with Crippen molar-refractivity contribution < 1.29 is 14.4 Å². The summed E-state index contributed by atoms with van der Waals surface area (Å²) >= 11 is 0. The number of nitrogens with zero attached hydrogens (tertiary/aromatic N) is 3. The number of hydrazine groups is 1. The maximum atomic E-state index is 11.9. The van der Waals surface area contributed by atoms with Gasteiger partial charge in [0.25, 0.3) is 5.69 Å². The van der Waals surface area contributed by atoms with Gasteiger partial charge in [-0.05, 0) is 12.1 Å². The molecule has 1 heterocycles. The molecule has 0 saturated heterocycles. The second kappa shape index (κ2) is 5.70. The smallest absolute Gasteiger partial charge is 0.265 e. The van der Waals surface area contributed by atoms with Crippen molar-refractivity contribution in [3.63, 3.8) is 0 Å². The lowest BCUT2D eigenvalue weighted by atomic mass is 10.2. The molecule has 1 amide bonds. The molecule has 7 nitrogen and oxygen atoms in total. The number of pyridine rings is 1. The van der Waals surface area contributed by atoms with Crippen molar-refractivity contribution >= 4 is 24.0 Å². The van der Waals surface area contributed by atoms with Crippen LogP contribution in [-0.4, -0.2) is 27.2 Å². The van der Waals surface area contributed by atoms with Crippen LogP contribution >= 0.6 is 0 Å². The van der Waals surface area contributed by atoms with Crippen molar-refractivity contribution in [1.82, 2.24) is 10.4 Å². The fourth-order valence-electron chi connectivity index (χ4n) is 1.51. The van der Waals surface area contributed by atoms with Crippen LogP contribution < -0.4 is 5.43 Å². The first-order valence-corrected chi connectivity index (χ1v) is 5.64. The number of rotatable bonds is 4. The van der Waals surface area contributed by atoms with E-state index in [1.807, 2.05) is 0 Å². The number of amides is 1. The van der Waals surface area contributed by atoms with Crippen LogP contribution in [0.5, 0.6) is 0 Å².